The SMILES string of the molecule is CC(C)n1cnnc1-c1ccc2c(c1)NCC2. The molecule has 1 aromatic carbocycles. The lowest BCUT2D eigenvalue weighted by atomic mass is 10.1. The quantitative estimate of drug-likeness (QED) is 0.858. The Morgan fingerprint density at radius 1 is 1.35 bits per heavy atom. The molecule has 0 radical (unpaired) electrons. The molecule has 4 nitrogen and oxygen atoms in total. The summed E-state index contributed by atoms with van der Waals surface area (Å²) in [4.78, 5) is 0. The molecule has 1 aliphatic rings. The highest BCUT2D eigenvalue weighted by Gasteiger charge is 2.14. The number of hydrogen-bond donors (Lipinski definition) is 1. The van der Waals surface area contributed by atoms with Crippen molar-refractivity contribution in [2.24, 2.45) is 0 Å². The summed E-state index contributed by atoms with van der Waals surface area (Å²) in [6.07, 6.45) is 2.91. The summed E-state index contributed by atoms with van der Waals surface area (Å²) in [6, 6.07) is 6.87. The molecule has 0 saturated carbocycles. The molecule has 88 valence electrons. The highest BCUT2D eigenvalue weighted by Crippen LogP contribution is 2.28. The Kier molecular flexibility index (Phi) is 2.35. The first kappa shape index (κ1) is 10.3. The molecule has 0 unspecified atom stereocenters. The summed E-state index contributed by atoms with van der Waals surface area (Å²) >= 11 is 0. The number of nitrogens with one attached hydrogen (secondary N) is 1. The highest BCUT2D eigenvalue weighted by atomic mass is 15.3. The average molecular weight is 228 g/mol. The van der Waals surface area contributed by atoms with Crippen LogP contribution in [0, 0.1) is 0 Å². The van der Waals surface area contributed by atoms with Gasteiger partial charge in [-0.3, -0.25) is 0 Å². The van der Waals surface area contributed by atoms with Gasteiger partial charge in [0.05, 0.1) is 0 Å². The minimum absolute atomic E-state index is 0.376. The summed E-state index contributed by atoms with van der Waals surface area (Å²) in [5, 5.41) is 11.6. The minimum atomic E-state index is 0.376. The molecular formula is C13H16N4. The molecule has 0 fully saturated rings. The van der Waals surface area contributed by atoms with E-state index in [4.69, 9.17) is 0 Å². The number of fused-ring (bicyclic) bond motifs is 1. The topological polar surface area (TPSA) is 42.7 Å². The van der Waals surface area contributed by atoms with Crippen LogP contribution in [0.2, 0.25) is 0 Å². The predicted molar refractivity (Wildman–Crippen MR) is 68.0 cm³/mol. The Morgan fingerprint density at radius 3 is 3.06 bits per heavy atom. The van der Waals surface area contributed by atoms with E-state index >= 15 is 0 Å². The number of aromatic nitrogens is 3. The Hall–Kier alpha value is -1.84. The van der Waals surface area contributed by atoms with Crippen molar-refractivity contribution in [3.8, 4) is 11.4 Å². The number of anilines is 1. The number of benzene rings is 1. The van der Waals surface area contributed by atoms with Crippen LogP contribution >= 0.6 is 0 Å². The second-order valence-corrected chi connectivity index (χ2v) is 4.70. The lowest BCUT2D eigenvalue weighted by Gasteiger charge is -2.10. The first-order chi connectivity index (χ1) is 8.25. The molecule has 0 amide bonds. The van der Waals surface area contributed by atoms with Crippen LogP contribution in [0.15, 0.2) is 24.5 Å². The smallest absolute Gasteiger partial charge is 0.164 e. The van der Waals surface area contributed by atoms with E-state index < -0.39 is 0 Å². The number of nitrogens with zero attached hydrogens (tertiary/aromatic N) is 3. The normalized spacial score (nSPS) is 13.8. The highest BCUT2D eigenvalue weighted by molar-refractivity contribution is 5.67. The Bertz CT molecular complexity index is 542. The van der Waals surface area contributed by atoms with Crippen molar-refractivity contribution in [3.63, 3.8) is 0 Å². The van der Waals surface area contributed by atoms with E-state index in [0.29, 0.717) is 6.04 Å². The number of hydrogen-bond acceptors (Lipinski definition) is 3. The van der Waals surface area contributed by atoms with Crippen LogP contribution in [-0.4, -0.2) is 21.3 Å². The van der Waals surface area contributed by atoms with Gasteiger partial charge in [-0.2, -0.15) is 0 Å². The van der Waals surface area contributed by atoms with Crippen LogP contribution in [0.1, 0.15) is 25.5 Å². The van der Waals surface area contributed by atoms with Crippen LogP contribution in [0.4, 0.5) is 5.69 Å². The summed E-state index contributed by atoms with van der Waals surface area (Å²) in [6.45, 7) is 5.31. The third kappa shape index (κ3) is 1.69. The van der Waals surface area contributed by atoms with Crippen molar-refractivity contribution in [2.75, 3.05) is 11.9 Å². The van der Waals surface area contributed by atoms with Crippen LogP contribution < -0.4 is 5.32 Å². The standard InChI is InChI=1S/C13H16N4/c1-9(2)17-8-15-16-13(17)11-4-3-10-5-6-14-12(10)7-11/h3-4,7-9,14H,5-6H2,1-2H3. The molecule has 1 N–H and O–H groups in total. The fourth-order valence-corrected chi connectivity index (χ4v) is 2.26. The van der Waals surface area contributed by atoms with Gasteiger partial charge in [-0.25, -0.2) is 0 Å². The van der Waals surface area contributed by atoms with Crippen molar-refractivity contribution in [1.82, 2.24) is 14.8 Å². The van der Waals surface area contributed by atoms with E-state index in [1.54, 1.807) is 6.33 Å². The molecule has 1 aliphatic heterocycles. The van der Waals surface area contributed by atoms with Gasteiger partial charge in [-0.05, 0) is 31.9 Å². The van der Waals surface area contributed by atoms with Gasteiger partial charge < -0.3 is 9.88 Å². The van der Waals surface area contributed by atoms with Crippen molar-refractivity contribution in [3.05, 3.63) is 30.1 Å². The number of rotatable bonds is 2. The zero-order valence-electron chi connectivity index (χ0n) is 10.1. The molecule has 0 saturated heterocycles. The zero-order chi connectivity index (χ0) is 11.8. The van der Waals surface area contributed by atoms with E-state index in [-0.39, 0.29) is 0 Å². The first-order valence-corrected chi connectivity index (χ1v) is 6.02. The van der Waals surface area contributed by atoms with Gasteiger partial charge in [0.1, 0.15) is 6.33 Å². The van der Waals surface area contributed by atoms with E-state index in [9.17, 15) is 0 Å². The average Bonchev–Trinajstić information content (AvgIpc) is 2.96. The van der Waals surface area contributed by atoms with Crippen molar-refractivity contribution in [1.29, 1.82) is 0 Å². The van der Waals surface area contributed by atoms with Crippen molar-refractivity contribution in [2.45, 2.75) is 26.3 Å². The van der Waals surface area contributed by atoms with Crippen molar-refractivity contribution >= 4 is 5.69 Å². The Morgan fingerprint density at radius 2 is 2.24 bits per heavy atom. The molecule has 0 spiro atoms. The van der Waals surface area contributed by atoms with Gasteiger partial charge in [0.25, 0.3) is 0 Å². The van der Waals surface area contributed by atoms with Crippen molar-refractivity contribution < 1.29 is 0 Å². The molecule has 2 heterocycles. The third-order valence-electron chi connectivity index (χ3n) is 3.21. The molecule has 4 heteroatoms. The van der Waals surface area contributed by atoms with Gasteiger partial charge in [-0.1, -0.05) is 12.1 Å². The second-order valence-electron chi connectivity index (χ2n) is 4.70. The lowest BCUT2D eigenvalue weighted by Crippen LogP contribution is -2.02. The van der Waals surface area contributed by atoms with Crippen LogP contribution in [-0.2, 0) is 6.42 Å². The minimum Gasteiger partial charge on any atom is -0.384 e. The molecule has 0 atom stereocenters. The van der Waals surface area contributed by atoms with Crippen LogP contribution in [0.25, 0.3) is 11.4 Å². The molecule has 0 aliphatic carbocycles. The maximum absolute atomic E-state index is 4.22. The first-order valence-electron chi connectivity index (χ1n) is 6.02. The maximum Gasteiger partial charge on any atom is 0.164 e. The summed E-state index contributed by atoms with van der Waals surface area (Å²) in [5.74, 6) is 0.941. The molecule has 17 heavy (non-hydrogen) atoms. The predicted octanol–water partition coefficient (Wildman–Crippen LogP) is 2.49. The summed E-state index contributed by atoms with van der Waals surface area (Å²) < 4.78 is 2.09. The summed E-state index contributed by atoms with van der Waals surface area (Å²) in [7, 11) is 0. The fraction of sp³-hybridized carbons (Fsp3) is 0.385. The van der Waals surface area contributed by atoms with Gasteiger partial charge in [0.15, 0.2) is 5.82 Å². The monoisotopic (exact) mass is 228 g/mol. The zero-order valence-corrected chi connectivity index (χ0v) is 10.1. The Labute approximate surface area is 101 Å². The van der Waals surface area contributed by atoms with Gasteiger partial charge >= 0.3 is 0 Å². The molecular weight excluding hydrogens is 212 g/mol. The largest absolute Gasteiger partial charge is 0.384 e. The van der Waals surface area contributed by atoms with Gasteiger partial charge in [0, 0.05) is 23.8 Å². The second kappa shape index (κ2) is 3.87. The van der Waals surface area contributed by atoms with Crippen LogP contribution in [0.5, 0.6) is 0 Å². The fourth-order valence-electron chi connectivity index (χ4n) is 2.26. The summed E-state index contributed by atoms with van der Waals surface area (Å²) in [5.41, 5.74) is 3.76. The molecule has 0 bridgehead atoms. The van der Waals surface area contributed by atoms with E-state index in [1.165, 1.54) is 11.3 Å². The van der Waals surface area contributed by atoms with Crippen LogP contribution in [0.3, 0.4) is 0 Å². The maximum atomic E-state index is 4.22. The molecule has 1 aromatic heterocycles. The van der Waals surface area contributed by atoms with E-state index in [1.807, 2.05) is 0 Å². The van der Waals surface area contributed by atoms with E-state index in [0.717, 1.165) is 24.4 Å². The van der Waals surface area contributed by atoms with Gasteiger partial charge in [-0.15, -0.1) is 10.2 Å². The third-order valence-corrected chi connectivity index (χ3v) is 3.21. The van der Waals surface area contributed by atoms with E-state index in [2.05, 4.69) is 52.1 Å². The molecule has 2 aromatic rings. The molecule has 3 rings (SSSR count). The Balaban J connectivity index is 2.06. The lowest BCUT2D eigenvalue weighted by molar-refractivity contribution is 0.604. The van der Waals surface area contributed by atoms with Gasteiger partial charge in [0.2, 0.25) is 0 Å².